The van der Waals surface area contributed by atoms with Crippen LogP contribution in [0.25, 0.3) is 11.3 Å². The normalized spacial score (nSPS) is 13.8. The molecule has 1 aliphatic heterocycles. The van der Waals surface area contributed by atoms with Crippen LogP contribution in [0.2, 0.25) is 0 Å². The number of aromatic nitrogens is 1. The van der Waals surface area contributed by atoms with Gasteiger partial charge in [-0.15, -0.1) is 0 Å². The molecule has 2 aromatic carbocycles. The van der Waals surface area contributed by atoms with Crippen molar-refractivity contribution in [3.63, 3.8) is 0 Å². The molecular weight excluding hydrogens is 356 g/mol. The fraction of sp³-hybridized carbons (Fsp3) is 0.273. The lowest BCUT2D eigenvalue weighted by molar-refractivity contribution is 0.0942. The SMILES string of the molecule is CC[C@@H](CNC(=O)c1cc(-c2ccc3c(c2)OCCO3)on1)c1ccccc1. The molecule has 0 spiro atoms. The van der Waals surface area contributed by atoms with Gasteiger partial charge in [-0.25, -0.2) is 0 Å². The first-order valence-corrected chi connectivity index (χ1v) is 9.44. The van der Waals surface area contributed by atoms with Crippen LogP contribution in [0.15, 0.2) is 59.1 Å². The third kappa shape index (κ3) is 3.86. The molecule has 1 aromatic heterocycles. The summed E-state index contributed by atoms with van der Waals surface area (Å²) in [7, 11) is 0. The van der Waals surface area contributed by atoms with E-state index in [1.54, 1.807) is 6.07 Å². The van der Waals surface area contributed by atoms with Gasteiger partial charge in [-0.3, -0.25) is 4.79 Å². The van der Waals surface area contributed by atoms with Crippen molar-refractivity contribution in [1.29, 1.82) is 0 Å². The van der Waals surface area contributed by atoms with E-state index < -0.39 is 0 Å². The van der Waals surface area contributed by atoms with Gasteiger partial charge in [0.05, 0.1) is 0 Å². The van der Waals surface area contributed by atoms with E-state index in [4.69, 9.17) is 14.0 Å². The highest BCUT2D eigenvalue weighted by atomic mass is 16.6. The molecule has 2 heterocycles. The van der Waals surface area contributed by atoms with Crippen molar-refractivity contribution < 1.29 is 18.8 Å². The average molecular weight is 378 g/mol. The lowest BCUT2D eigenvalue weighted by Crippen LogP contribution is -2.28. The van der Waals surface area contributed by atoms with E-state index >= 15 is 0 Å². The van der Waals surface area contributed by atoms with Crippen LogP contribution in [0.3, 0.4) is 0 Å². The van der Waals surface area contributed by atoms with Crippen LogP contribution in [-0.2, 0) is 0 Å². The lowest BCUT2D eigenvalue weighted by Gasteiger charge is -2.18. The molecule has 0 bridgehead atoms. The van der Waals surface area contributed by atoms with Crippen LogP contribution >= 0.6 is 0 Å². The zero-order chi connectivity index (χ0) is 19.3. The molecule has 1 aliphatic rings. The van der Waals surface area contributed by atoms with E-state index in [1.807, 2.05) is 36.4 Å². The second kappa shape index (κ2) is 8.17. The molecule has 0 radical (unpaired) electrons. The maximum absolute atomic E-state index is 12.5. The fourth-order valence-corrected chi connectivity index (χ4v) is 3.24. The Morgan fingerprint density at radius 2 is 1.86 bits per heavy atom. The summed E-state index contributed by atoms with van der Waals surface area (Å²) in [4.78, 5) is 12.5. The minimum atomic E-state index is -0.248. The number of rotatable bonds is 6. The molecule has 144 valence electrons. The highest BCUT2D eigenvalue weighted by Crippen LogP contribution is 2.34. The van der Waals surface area contributed by atoms with Crippen LogP contribution in [-0.4, -0.2) is 30.8 Å². The Hall–Kier alpha value is -3.28. The second-order valence-electron chi connectivity index (χ2n) is 6.66. The van der Waals surface area contributed by atoms with Crippen molar-refractivity contribution in [2.24, 2.45) is 0 Å². The Kier molecular flexibility index (Phi) is 5.28. The zero-order valence-corrected chi connectivity index (χ0v) is 15.7. The Labute approximate surface area is 163 Å². The number of ether oxygens (including phenoxy) is 2. The molecule has 0 saturated heterocycles. The summed E-state index contributed by atoms with van der Waals surface area (Å²) in [5.41, 5.74) is 2.25. The molecule has 1 N–H and O–H groups in total. The molecule has 3 aromatic rings. The van der Waals surface area contributed by atoms with Gasteiger partial charge in [-0.05, 0) is 30.2 Å². The summed E-state index contributed by atoms with van der Waals surface area (Å²) >= 11 is 0. The predicted octanol–water partition coefficient (Wildman–Crippen LogP) is 4.04. The Morgan fingerprint density at radius 1 is 1.07 bits per heavy atom. The van der Waals surface area contributed by atoms with Crippen molar-refractivity contribution in [3.05, 3.63) is 65.9 Å². The molecular formula is C22H22N2O4. The van der Waals surface area contributed by atoms with Gasteiger partial charge in [-0.1, -0.05) is 42.4 Å². The van der Waals surface area contributed by atoms with Crippen molar-refractivity contribution >= 4 is 5.91 Å². The quantitative estimate of drug-likeness (QED) is 0.701. The number of benzene rings is 2. The molecule has 4 rings (SSSR count). The third-order valence-corrected chi connectivity index (χ3v) is 4.84. The van der Waals surface area contributed by atoms with Gasteiger partial charge < -0.3 is 19.3 Å². The number of nitrogens with zero attached hydrogens (tertiary/aromatic N) is 1. The number of fused-ring (bicyclic) bond motifs is 1. The first-order valence-electron chi connectivity index (χ1n) is 9.44. The molecule has 1 amide bonds. The van der Waals surface area contributed by atoms with Gasteiger partial charge in [0.25, 0.3) is 5.91 Å². The first kappa shape index (κ1) is 18.1. The van der Waals surface area contributed by atoms with Crippen molar-refractivity contribution in [1.82, 2.24) is 10.5 Å². The zero-order valence-electron chi connectivity index (χ0n) is 15.7. The van der Waals surface area contributed by atoms with E-state index in [0.29, 0.717) is 37.0 Å². The average Bonchev–Trinajstić information content (AvgIpc) is 3.25. The van der Waals surface area contributed by atoms with Gasteiger partial charge >= 0.3 is 0 Å². The molecule has 1 atom stereocenters. The summed E-state index contributed by atoms with van der Waals surface area (Å²) in [5.74, 6) is 1.90. The standard InChI is InChI=1S/C22H22N2O4/c1-2-15(16-6-4-3-5-7-16)14-23-22(25)18-13-20(28-24-18)17-8-9-19-21(12-17)27-11-10-26-19/h3-9,12-13,15H,2,10-11,14H2,1H3,(H,23,25)/t15-/m0/s1. The maximum atomic E-state index is 12.5. The molecule has 6 heteroatoms. The molecule has 0 saturated carbocycles. The van der Waals surface area contributed by atoms with Gasteiger partial charge in [0.1, 0.15) is 13.2 Å². The van der Waals surface area contributed by atoms with Crippen molar-refractivity contribution in [2.45, 2.75) is 19.3 Å². The highest BCUT2D eigenvalue weighted by Gasteiger charge is 2.18. The minimum Gasteiger partial charge on any atom is -0.486 e. The van der Waals surface area contributed by atoms with E-state index in [-0.39, 0.29) is 17.5 Å². The van der Waals surface area contributed by atoms with Gasteiger partial charge in [0, 0.05) is 24.1 Å². The predicted molar refractivity (Wildman–Crippen MR) is 105 cm³/mol. The van der Waals surface area contributed by atoms with E-state index in [0.717, 1.165) is 12.0 Å². The van der Waals surface area contributed by atoms with E-state index in [9.17, 15) is 4.79 Å². The summed E-state index contributed by atoms with van der Waals surface area (Å²) < 4.78 is 16.5. The largest absolute Gasteiger partial charge is 0.486 e. The topological polar surface area (TPSA) is 73.6 Å². The van der Waals surface area contributed by atoms with E-state index in [2.05, 4.69) is 29.5 Å². The summed E-state index contributed by atoms with van der Waals surface area (Å²) in [6.07, 6.45) is 0.936. The molecule has 0 aliphatic carbocycles. The van der Waals surface area contributed by atoms with Crippen molar-refractivity contribution in [3.8, 4) is 22.8 Å². The molecule has 6 nitrogen and oxygen atoms in total. The highest BCUT2D eigenvalue weighted by molar-refractivity contribution is 5.93. The molecule has 0 fully saturated rings. The Morgan fingerprint density at radius 3 is 2.64 bits per heavy atom. The van der Waals surface area contributed by atoms with Gasteiger partial charge in [0.15, 0.2) is 23.0 Å². The number of carbonyl (C=O) groups excluding carboxylic acids is 1. The number of hydrogen-bond donors (Lipinski definition) is 1. The number of carbonyl (C=O) groups is 1. The van der Waals surface area contributed by atoms with Gasteiger partial charge in [-0.2, -0.15) is 0 Å². The van der Waals surface area contributed by atoms with Crippen molar-refractivity contribution in [2.75, 3.05) is 19.8 Å². The monoisotopic (exact) mass is 378 g/mol. The number of hydrogen-bond acceptors (Lipinski definition) is 5. The van der Waals surface area contributed by atoms with Crippen LogP contribution in [0.1, 0.15) is 35.3 Å². The van der Waals surface area contributed by atoms with Gasteiger partial charge in [0.2, 0.25) is 0 Å². The Balaban J connectivity index is 1.43. The van der Waals surface area contributed by atoms with Crippen LogP contribution in [0, 0.1) is 0 Å². The smallest absolute Gasteiger partial charge is 0.273 e. The number of amides is 1. The maximum Gasteiger partial charge on any atom is 0.273 e. The summed E-state index contributed by atoms with van der Waals surface area (Å²) in [6.45, 7) is 3.71. The third-order valence-electron chi connectivity index (χ3n) is 4.84. The molecule has 0 unspecified atom stereocenters. The van der Waals surface area contributed by atoms with Crippen LogP contribution in [0.4, 0.5) is 0 Å². The van der Waals surface area contributed by atoms with Crippen LogP contribution < -0.4 is 14.8 Å². The Bertz CT molecular complexity index is 952. The minimum absolute atomic E-state index is 0.248. The fourth-order valence-electron chi connectivity index (χ4n) is 3.24. The first-order chi connectivity index (χ1) is 13.7. The second-order valence-corrected chi connectivity index (χ2v) is 6.66. The number of nitrogens with one attached hydrogen (secondary N) is 1. The molecule has 28 heavy (non-hydrogen) atoms. The lowest BCUT2D eigenvalue weighted by atomic mass is 9.96. The summed E-state index contributed by atoms with van der Waals surface area (Å²) in [5, 5.41) is 6.88. The van der Waals surface area contributed by atoms with Crippen LogP contribution in [0.5, 0.6) is 11.5 Å². The van der Waals surface area contributed by atoms with E-state index in [1.165, 1.54) is 5.56 Å². The summed E-state index contributed by atoms with van der Waals surface area (Å²) in [6, 6.07) is 17.3.